The normalized spacial score (nSPS) is 11.0. The molecule has 3 rings (SSSR count). The maximum Gasteiger partial charge on any atom is 0.313 e. The number of benzene rings is 1. The summed E-state index contributed by atoms with van der Waals surface area (Å²) in [6.07, 6.45) is 3.11. The van der Waals surface area contributed by atoms with Crippen LogP contribution < -0.4 is 10.2 Å². The minimum absolute atomic E-state index is 0.101. The van der Waals surface area contributed by atoms with Gasteiger partial charge in [0.15, 0.2) is 0 Å². The van der Waals surface area contributed by atoms with Crippen LogP contribution in [0.3, 0.4) is 0 Å². The van der Waals surface area contributed by atoms with Gasteiger partial charge in [-0.2, -0.15) is 5.10 Å². The third kappa shape index (κ3) is 4.01. The van der Waals surface area contributed by atoms with Gasteiger partial charge in [0, 0.05) is 34.9 Å². The Morgan fingerprint density at radius 2 is 2.04 bits per heavy atom. The van der Waals surface area contributed by atoms with Crippen LogP contribution >= 0.6 is 0 Å². The molecule has 1 aromatic carbocycles. The second-order valence-electron chi connectivity index (χ2n) is 6.09. The molecule has 0 saturated heterocycles. The van der Waals surface area contributed by atoms with Crippen LogP contribution in [0.2, 0.25) is 0 Å². The number of hydrogen-bond acceptors (Lipinski definition) is 6. The van der Waals surface area contributed by atoms with E-state index >= 15 is 0 Å². The van der Waals surface area contributed by atoms with Crippen LogP contribution in [-0.4, -0.2) is 27.3 Å². The van der Waals surface area contributed by atoms with E-state index in [4.69, 9.17) is 4.74 Å². The summed E-state index contributed by atoms with van der Waals surface area (Å²) >= 11 is 0. The molecule has 0 bridgehead atoms. The van der Waals surface area contributed by atoms with Gasteiger partial charge in [-0.25, -0.2) is 4.98 Å². The molecule has 0 radical (unpaired) electrons. The number of aryl methyl sites for hydroxylation is 1. The Bertz CT molecular complexity index is 1010. The summed E-state index contributed by atoms with van der Waals surface area (Å²) in [6, 6.07) is 12.8. The molecule has 0 fully saturated rings. The molecular weight excluding hydrogens is 358 g/mol. The van der Waals surface area contributed by atoms with Gasteiger partial charge in [-0.3, -0.25) is 15.5 Å². The molecule has 0 amide bonds. The number of rotatable bonds is 7. The minimum atomic E-state index is -0.497. The lowest BCUT2D eigenvalue weighted by atomic mass is 10.2. The van der Waals surface area contributed by atoms with Crippen molar-refractivity contribution < 1.29 is 9.66 Å². The summed E-state index contributed by atoms with van der Waals surface area (Å²) < 4.78 is 7.60. The Kier molecular flexibility index (Phi) is 5.69. The van der Waals surface area contributed by atoms with Crippen LogP contribution in [0.25, 0.3) is 5.69 Å². The van der Waals surface area contributed by atoms with Crippen LogP contribution in [0.5, 0.6) is 5.75 Å². The number of pyridine rings is 1. The average Bonchev–Trinajstić information content (AvgIpc) is 2.96. The number of nitrogens with one attached hydrogen (secondary N) is 1. The van der Waals surface area contributed by atoms with E-state index in [0.717, 1.165) is 28.4 Å². The lowest BCUT2D eigenvalue weighted by Gasteiger charge is -2.10. The van der Waals surface area contributed by atoms with Crippen LogP contribution in [-0.2, 0) is 0 Å². The fourth-order valence-electron chi connectivity index (χ4n) is 2.97. The SMILES string of the molecule is CCOc1ccc(-n2c(C)cc(/C=N\Nc3ncccc3[N+](=O)[O-])c2C)cc1. The zero-order valence-corrected chi connectivity index (χ0v) is 15.9. The van der Waals surface area contributed by atoms with E-state index in [2.05, 4.69) is 20.1 Å². The number of anilines is 1. The number of nitro groups is 1. The molecule has 8 nitrogen and oxygen atoms in total. The first kappa shape index (κ1) is 19.1. The van der Waals surface area contributed by atoms with Crippen LogP contribution in [0.1, 0.15) is 23.9 Å². The summed E-state index contributed by atoms with van der Waals surface area (Å²) in [5.74, 6) is 0.931. The average molecular weight is 379 g/mol. The Balaban J connectivity index is 1.82. The van der Waals surface area contributed by atoms with Gasteiger partial charge >= 0.3 is 5.69 Å². The van der Waals surface area contributed by atoms with Crippen molar-refractivity contribution in [1.29, 1.82) is 0 Å². The second kappa shape index (κ2) is 8.34. The standard InChI is InChI=1S/C20H21N5O3/c1-4-28-18-9-7-17(8-10-18)24-14(2)12-16(15(24)3)13-22-23-20-19(25(26)27)6-5-11-21-20/h5-13H,4H2,1-3H3,(H,21,23)/b22-13-. The Morgan fingerprint density at radius 3 is 2.71 bits per heavy atom. The lowest BCUT2D eigenvalue weighted by Crippen LogP contribution is -2.01. The van der Waals surface area contributed by atoms with Crippen LogP contribution in [0.15, 0.2) is 53.8 Å². The van der Waals surface area contributed by atoms with E-state index in [1.165, 1.54) is 18.3 Å². The molecular formula is C20H21N5O3. The highest BCUT2D eigenvalue weighted by Crippen LogP contribution is 2.23. The molecule has 2 aromatic heterocycles. The molecule has 0 atom stereocenters. The highest BCUT2D eigenvalue weighted by molar-refractivity contribution is 5.83. The zero-order valence-electron chi connectivity index (χ0n) is 15.9. The van der Waals surface area contributed by atoms with Crippen molar-refractivity contribution in [2.75, 3.05) is 12.0 Å². The van der Waals surface area contributed by atoms with Crippen molar-refractivity contribution >= 4 is 17.7 Å². The van der Waals surface area contributed by atoms with Gasteiger partial charge in [-0.1, -0.05) is 0 Å². The number of ether oxygens (including phenoxy) is 1. The highest BCUT2D eigenvalue weighted by atomic mass is 16.6. The molecule has 0 aliphatic rings. The predicted octanol–water partition coefficient (Wildman–Crippen LogP) is 4.24. The molecule has 0 unspecified atom stereocenters. The van der Waals surface area contributed by atoms with E-state index in [1.807, 2.05) is 51.1 Å². The highest BCUT2D eigenvalue weighted by Gasteiger charge is 2.13. The number of aromatic nitrogens is 2. The number of hydrazone groups is 1. The van der Waals surface area contributed by atoms with Crippen LogP contribution in [0.4, 0.5) is 11.5 Å². The van der Waals surface area contributed by atoms with Gasteiger partial charge in [0.1, 0.15) is 5.75 Å². The zero-order chi connectivity index (χ0) is 20.1. The van der Waals surface area contributed by atoms with Gasteiger partial charge in [0.25, 0.3) is 0 Å². The topological polar surface area (TPSA) is 94.6 Å². The Hall–Kier alpha value is -3.68. The van der Waals surface area contributed by atoms with E-state index in [0.29, 0.717) is 6.61 Å². The molecule has 28 heavy (non-hydrogen) atoms. The molecule has 8 heteroatoms. The van der Waals surface area contributed by atoms with Crippen molar-refractivity contribution in [2.24, 2.45) is 5.10 Å². The molecule has 0 aliphatic heterocycles. The van der Waals surface area contributed by atoms with E-state index < -0.39 is 4.92 Å². The van der Waals surface area contributed by atoms with Gasteiger partial charge in [0.2, 0.25) is 5.82 Å². The summed E-state index contributed by atoms with van der Waals surface area (Å²) in [4.78, 5) is 14.5. The molecule has 0 spiro atoms. The smallest absolute Gasteiger partial charge is 0.313 e. The molecule has 3 aromatic rings. The Morgan fingerprint density at radius 1 is 1.29 bits per heavy atom. The second-order valence-corrected chi connectivity index (χ2v) is 6.09. The van der Waals surface area contributed by atoms with Crippen molar-refractivity contribution in [2.45, 2.75) is 20.8 Å². The molecule has 0 aliphatic carbocycles. The quantitative estimate of drug-likeness (QED) is 0.376. The Labute approximate surface area is 162 Å². The third-order valence-electron chi connectivity index (χ3n) is 4.23. The van der Waals surface area contributed by atoms with Crippen LogP contribution in [0, 0.1) is 24.0 Å². The summed E-state index contributed by atoms with van der Waals surface area (Å²) in [5, 5.41) is 15.2. The molecule has 144 valence electrons. The van der Waals surface area contributed by atoms with E-state index in [1.54, 1.807) is 6.21 Å². The van der Waals surface area contributed by atoms with Crippen molar-refractivity contribution in [3.05, 3.63) is 75.7 Å². The molecule has 2 heterocycles. The van der Waals surface area contributed by atoms with Gasteiger partial charge in [0.05, 0.1) is 17.7 Å². The maximum absolute atomic E-state index is 11.0. The summed E-state index contributed by atoms with van der Waals surface area (Å²) in [6.45, 7) is 6.59. The number of nitrogens with zero attached hydrogens (tertiary/aromatic N) is 4. The van der Waals surface area contributed by atoms with Crippen molar-refractivity contribution in [1.82, 2.24) is 9.55 Å². The molecule has 1 N–H and O–H groups in total. The molecule has 0 saturated carbocycles. The first-order valence-corrected chi connectivity index (χ1v) is 8.82. The largest absolute Gasteiger partial charge is 0.494 e. The monoisotopic (exact) mass is 379 g/mol. The fourth-order valence-corrected chi connectivity index (χ4v) is 2.97. The van der Waals surface area contributed by atoms with E-state index in [-0.39, 0.29) is 11.5 Å². The van der Waals surface area contributed by atoms with Gasteiger partial charge in [-0.15, -0.1) is 0 Å². The lowest BCUT2D eigenvalue weighted by molar-refractivity contribution is -0.384. The minimum Gasteiger partial charge on any atom is -0.494 e. The third-order valence-corrected chi connectivity index (χ3v) is 4.23. The van der Waals surface area contributed by atoms with Gasteiger partial charge in [-0.05, 0) is 57.2 Å². The summed E-state index contributed by atoms with van der Waals surface area (Å²) in [7, 11) is 0. The van der Waals surface area contributed by atoms with Crippen molar-refractivity contribution in [3.8, 4) is 11.4 Å². The first-order chi connectivity index (χ1) is 13.5. The number of hydrogen-bond donors (Lipinski definition) is 1. The maximum atomic E-state index is 11.0. The first-order valence-electron chi connectivity index (χ1n) is 8.82. The van der Waals surface area contributed by atoms with Crippen molar-refractivity contribution in [3.63, 3.8) is 0 Å². The van der Waals surface area contributed by atoms with Gasteiger partial charge < -0.3 is 9.30 Å². The predicted molar refractivity (Wildman–Crippen MR) is 109 cm³/mol. The fraction of sp³-hybridized carbons (Fsp3) is 0.200. The summed E-state index contributed by atoms with van der Waals surface area (Å²) in [5.41, 5.74) is 6.50. The van der Waals surface area contributed by atoms with E-state index in [9.17, 15) is 10.1 Å².